The lowest BCUT2D eigenvalue weighted by Gasteiger charge is -2.05. The van der Waals surface area contributed by atoms with E-state index in [1.54, 1.807) is 17.0 Å². The molecule has 3 nitrogen and oxygen atoms in total. The summed E-state index contributed by atoms with van der Waals surface area (Å²) >= 11 is 0. The molecule has 2 aromatic heterocycles. The lowest BCUT2D eigenvalue weighted by Crippen LogP contribution is -1.99. The van der Waals surface area contributed by atoms with Crippen LogP contribution in [0.15, 0.2) is 25.2 Å². The molecule has 0 amide bonds. The molecule has 2 heterocycles. The third-order valence-electron chi connectivity index (χ3n) is 2.65. The van der Waals surface area contributed by atoms with E-state index in [0.717, 1.165) is 17.4 Å². The summed E-state index contributed by atoms with van der Waals surface area (Å²) in [6, 6.07) is 0. The predicted octanol–water partition coefficient (Wildman–Crippen LogP) is 2.20. The number of aryl methyl sites for hydroxylation is 1. The summed E-state index contributed by atoms with van der Waals surface area (Å²) in [5.41, 5.74) is 1.89. The normalized spacial score (nSPS) is 10.9. The Morgan fingerprint density at radius 2 is 2.31 bits per heavy atom. The fourth-order valence-corrected chi connectivity index (χ4v) is 1.81. The Kier molecular flexibility index (Phi) is 2.75. The molecule has 0 saturated carbocycles. The number of hydrogen-bond acceptors (Lipinski definition) is 2. The van der Waals surface area contributed by atoms with Crippen molar-refractivity contribution in [1.82, 2.24) is 9.55 Å². The van der Waals surface area contributed by atoms with Gasteiger partial charge < -0.3 is 9.67 Å². The highest BCUT2D eigenvalue weighted by Gasteiger charge is 2.13. The van der Waals surface area contributed by atoms with E-state index in [1.165, 1.54) is 6.20 Å². The maximum atomic E-state index is 13.7. The summed E-state index contributed by atoms with van der Waals surface area (Å²) in [7, 11) is 0. The minimum absolute atomic E-state index is 0.200. The van der Waals surface area contributed by atoms with Crippen molar-refractivity contribution in [2.75, 3.05) is 6.61 Å². The zero-order chi connectivity index (χ0) is 11.7. The smallest absolute Gasteiger partial charge is 0.166 e. The molecular weight excluding hydrogens is 207 g/mol. The average molecular weight is 220 g/mol. The van der Waals surface area contributed by atoms with Crippen LogP contribution in [0.5, 0.6) is 0 Å². The van der Waals surface area contributed by atoms with Crippen molar-refractivity contribution >= 4 is 16.6 Å². The third kappa shape index (κ3) is 1.51. The summed E-state index contributed by atoms with van der Waals surface area (Å²) in [6.07, 6.45) is 5.39. The molecule has 0 radical (unpaired) electrons. The van der Waals surface area contributed by atoms with Crippen molar-refractivity contribution in [3.63, 3.8) is 0 Å². The van der Waals surface area contributed by atoms with E-state index in [9.17, 15) is 4.39 Å². The summed E-state index contributed by atoms with van der Waals surface area (Å²) in [4.78, 5) is 3.84. The molecule has 0 spiro atoms. The highest BCUT2D eigenvalue weighted by molar-refractivity contribution is 5.86. The van der Waals surface area contributed by atoms with E-state index in [4.69, 9.17) is 5.11 Å². The van der Waals surface area contributed by atoms with Gasteiger partial charge in [-0.05, 0) is 12.0 Å². The molecule has 1 N–H and O–H groups in total. The summed E-state index contributed by atoms with van der Waals surface area (Å²) in [5, 5.41) is 9.84. The fraction of sp³-hybridized carbons (Fsp3) is 0.250. The molecule has 2 aromatic rings. The number of aliphatic hydroxyl groups is 1. The first-order chi connectivity index (χ1) is 7.69. The third-order valence-corrected chi connectivity index (χ3v) is 2.65. The van der Waals surface area contributed by atoms with Gasteiger partial charge in [0.2, 0.25) is 0 Å². The number of pyridine rings is 1. The van der Waals surface area contributed by atoms with Crippen molar-refractivity contribution in [3.05, 3.63) is 36.6 Å². The Morgan fingerprint density at radius 3 is 2.94 bits per heavy atom. The van der Waals surface area contributed by atoms with E-state index in [-0.39, 0.29) is 6.61 Å². The lowest BCUT2D eigenvalue weighted by atomic mass is 10.2. The molecule has 0 atom stereocenters. The van der Waals surface area contributed by atoms with Gasteiger partial charge in [0.1, 0.15) is 0 Å². The molecule has 16 heavy (non-hydrogen) atoms. The Hall–Kier alpha value is -1.68. The van der Waals surface area contributed by atoms with Gasteiger partial charge in [0.25, 0.3) is 0 Å². The van der Waals surface area contributed by atoms with Gasteiger partial charge >= 0.3 is 0 Å². The first-order valence-electron chi connectivity index (χ1n) is 5.11. The van der Waals surface area contributed by atoms with Crippen LogP contribution in [0.4, 0.5) is 4.39 Å². The van der Waals surface area contributed by atoms with Gasteiger partial charge in [-0.15, -0.1) is 0 Å². The van der Waals surface area contributed by atoms with Gasteiger partial charge in [-0.1, -0.05) is 13.5 Å². The first-order valence-corrected chi connectivity index (χ1v) is 5.11. The molecule has 0 saturated heterocycles. The van der Waals surface area contributed by atoms with Gasteiger partial charge in [0.05, 0.1) is 18.3 Å². The zero-order valence-corrected chi connectivity index (χ0v) is 9.07. The number of nitrogens with zero attached hydrogens (tertiary/aromatic N) is 2. The lowest BCUT2D eigenvalue weighted by molar-refractivity contribution is 0.345. The van der Waals surface area contributed by atoms with E-state index >= 15 is 0 Å². The number of hydrogen-bond donors (Lipinski definition) is 1. The number of aliphatic hydroxyl groups excluding tert-OH is 1. The first kappa shape index (κ1) is 10.8. The second-order valence-corrected chi connectivity index (χ2v) is 3.62. The topological polar surface area (TPSA) is 38.0 Å². The van der Waals surface area contributed by atoms with Gasteiger partial charge in [-0.3, -0.25) is 4.98 Å². The van der Waals surface area contributed by atoms with Gasteiger partial charge in [0.15, 0.2) is 5.82 Å². The summed E-state index contributed by atoms with van der Waals surface area (Å²) in [6.45, 7) is 5.50. The van der Waals surface area contributed by atoms with E-state index in [0.29, 0.717) is 11.2 Å². The SMILES string of the molecule is C=C(CO)n1cc(CC)c2cncc(F)c21. The highest BCUT2D eigenvalue weighted by Crippen LogP contribution is 2.25. The molecule has 0 aromatic carbocycles. The van der Waals surface area contributed by atoms with Gasteiger partial charge in [0, 0.05) is 23.5 Å². The number of rotatable bonds is 3. The van der Waals surface area contributed by atoms with Crippen LogP contribution in [0.1, 0.15) is 12.5 Å². The number of halogens is 1. The number of fused-ring (bicyclic) bond motifs is 1. The number of aromatic nitrogens is 2. The quantitative estimate of drug-likeness (QED) is 0.861. The van der Waals surface area contributed by atoms with Crippen LogP contribution in [0.3, 0.4) is 0 Å². The molecule has 0 unspecified atom stereocenters. The van der Waals surface area contributed by atoms with Crippen LogP contribution in [0.25, 0.3) is 16.6 Å². The van der Waals surface area contributed by atoms with Gasteiger partial charge in [-0.2, -0.15) is 0 Å². The van der Waals surface area contributed by atoms with E-state index < -0.39 is 5.82 Å². The second kappa shape index (κ2) is 4.06. The van der Waals surface area contributed by atoms with Crippen molar-refractivity contribution in [2.24, 2.45) is 0 Å². The minimum Gasteiger partial charge on any atom is -0.390 e. The molecule has 0 aliphatic carbocycles. The molecule has 84 valence electrons. The molecule has 0 aliphatic heterocycles. The van der Waals surface area contributed by atoms with Crippen molar-refractivity contribution in [3.8, 4) is 0 Å². The van der Waals surface area contributed by atoms with Gasteiger partial charge in [-0.25, -0.2) is 4.39 Å². The van der Waals surface area contributed by atoms with Crippen molar-refractivity contribution in [1.29, 1.82) is 0 Å². The van der Waals surface area contributed by atoms with Crippen LogP contribution >= 0.6 is 0 Å². The van der Waals surface area contributed by atoms with E-state index in [2.05, 4.69) is 11.6 Å². The van der Waals surface area contributed by atoms with Crippen LogP contribution in [0.2, 0.25) is 0 Å². The van der Waals surface area contributed by atoms with E-state index in [1.807, 2.05) is 6.92 Å². The molecule has 2 rings (SSSR count). The molecular formula is C12H13FN2O. The zero-order valence-electron chi connectivity index (χ0n) is 9.07. The Labute approximate surface area is 92.8 Å². The minimum atomic E-state index is -0.396. The molecule has 0 bridgehead atoms. The monoisotopic (exact) mass is 220 g/mol. The Morgan fingerprint density at radius 1 is 1.56 bits per heavy atom. The molecule has 0 aliphatic rings. The van der Waals surface area contributed by atoms with Crippen LogP contribution < -0.4 is 0 Å². The van der Waals surface area contributed by atoms with Crippen LogP contribution in [-0.2, 0) is 6.42 Å². The Balaban J connectivity index is 2.79. The largest absolute Gasteiger partial charge is 0.390 e. The second-order valence-electron chi connectivity index (χ2n) is 3.62. The standard InChI is InChI=1S/C12H13FN2O/c1-3-9-6-15(8(2)7-16)12-10(9)4-14-5-11(12)13/h4-6,16H,2-3,7H2,1H3. The van der Waals surface area contributed by atoms with Crippen molar-refractivity contribution in [2.45, 2.75) is 13.3 Å². The maximum absolute atomic E-state index is 13.7. The maximum Gasteiger partial charge on any atom is 0.166 e. The fourth-order valence-electron chi connectivity index (χ4n) is 1.81. The van der Waals surface area contributed by atoms with Crippen LogP contribution in [0, 0.1) is 5.82 Å². The Bertz CT molecular complexity index is 545. The highest BCUT2D eigenvalue weighted by atomic mass is 19.1. The molecule has 0 fully saturated rings. The predicted molar refractivity (Wildman–Crippen MR) is 61.5 cm³/mol. The van der Waals surface area contributed by atoms with Crippen molar-refractivity contribution < 1.29 is 9.50 Å². The van der Waals surface area contributed by atoms with Crippen LogP contribution in [-0.4, -0.2) is 21.3 Å². The summed E-state index contributed by atoms with van der Waals surface area (Å²) in [5.74, 6) is -0.396. The molecule has 4 heteroatoms. The summed E-state index contributed by atoms with van der Waals surface area (Å²) < 4.78 is 15.3. The average Bonchev–Trinajstić information content (AvgIpc) is 2.68.